The summed E-state index contributed by atoms with van der Waals surface area (Å²) in [5.41, 5.74) is 3.19. The molecule has 0 spiro atoms. The van der Waals surface area contributed by atoms with Crippen LogP contribution in [-0.4, -0.2) is 38.2 Å². The molecular weight excluding hydrogens is 534 g/mol. The fourth-order valence-corrected chi connectivity index (χ4v) is 4.60. The van der Waals surface area contributed by atoms with Crippen LogP contribution in [0.25, 0.3) is 17.0 Å². The second-order valence-electron chi connectivity index (χ2n) is 9.56. The van der Waals surface area contributed by atoms with Crippen molar-refractivity contribution in [3.63, 3.8) is 0 Å². The Morgan fingerprint density at radius 1 is 0.881 bits per heavy atom. The minimum atomic E-state index is -0.749. The zero-order valence-electron chi connectivity index (χ0n) is 23.3. The highest BCUT2D eigenvalue weighted by Gasteiger charge is 2.22. The fraction of sp³-hybridized carbons (Fsp3) is 0.161. The number of methoxy groups -OCH3 is 1. The molecule has 0 fully saturated rings. The van der Waals surface area contributed by atoms with E-state index in [2.05, 4.69) is 20.5 Å². The monoisotopic (exact) mass is 563 g/mol. The first-order chi connectivity index (χ1) is 20.4. The first-order valence-electron chi connectivity index (χ1n) is 13.3. The Balaban J connectivity index is 1.75. The number of aromatic nitrogens is 4. The quantitative estimate of drug-likeness (QED) is 0.287. The third-order valence-corrected chi connectivity index (χ3v) is 6.52. The summed E-state index contributed by atoms with van der Waals surface area (Å²) < 4.78 is 7.76. The summed E-state index contributed by atoms with van der Waals surface area (Å²) in [5, 5.41) is 3.80. The maximum atomic E-state index is 14.1. The molecule has 1 amide bonds. The van der Waals surface area contributed by atoms with Gasteiger partial charge in [-0.1, -0.05) is 30.3 Å². The Labute approximate surface area is 241 Å². The van der Waals surface area contributed by atoms with E-state index < -0.39 is 16.5 Å². The smallest absolute Gasteiger partial charge is 0.291 e. The van der Waals surface area contributed by atoms with Crippen LogP contribution in [0.3, 0.4) is 0 Å². The van der Waals surface area contributed by atoms with Crippen molar-refractivity contribution in [2.24, 2.45) is 5.10 Å². The van der Waals surface area contributed by atoms with E-state index >= 15 is 0 Å². The van der Waals surface area contributed by atoms with Crippen LogP contribution in [-0.2, 0) is 11.3 Å². The van der Waals surface area contributed by atoms with Crippen molar-refractivity contribution in [2.75, 3.05) is 17.4 Å². The summed E-state index contributed by atoms with van der Waals surface area (Å²) >= 11 is 0. The molecule has 5 rings (SSSR count). The minimum absolute atomic E-state index is 0.0605. The Hall–Kier alpha value is -5.58. The van der Waals surface area contributed by atoms with Crippen molar-refractivity contribution in [3.8, 4) is 11.7 Å². The maximum Gasteiger partial charge on any atom is 0.291 e. The molecule has 0 saturated carbocycles. The van der Waals surface area contributed by atoms with Gasteiger partial charge in [0.2, 0.25) is 17.2 Å². The molecule has 42 heavy (non-hydrogen) atoms. The van der Waals surface area contributed by atoms with Gasteiger partial charge in [-0.2, -0.15) is 5.10 Å². The van der Waals surface area contributed by atoms with E-state index in [-0.39, 0.29) is 24.4 Å². The Morgan fingerprint density at radius 2 is 1.52 bits per heavy atom. The summed E-state index contributed by atoms with van der Waals surface area (Å²) in [6.45, 7) is 3.41. The summed E-state index contributed by atoms with van der Waals surface area (Å²) in [4.78, 5) is 52.2. The zero-order chi connectivity index (χ0) is 29.6. The van der Waals surface area contributed by atoms with Gasteiger partial charge in [0.25, 0.3) is 11.1 Å². The van der Waals surface area contributed by atoms with Crippen molar-refractivity contribution < 1.29 is 9.53 Å². The molecule has 0 bridgehead atoms. The lowest BCUT2D eigenvalue weighted by Gasteiger charge is -2.27. The van der Waals surface area contributed by atoms with Crippen molar-refractivity contribution >= 4 is 28.3 Å². The zero-order valence-corrected chi connectivity index (χ0v) is 23.3. The molecule has 0 aliphatic rings. The Bertz CT molecular complexity index is 1900. The number of ether oxygens (including phenoxy) is 1. The molecule has 212 valence electrons. The number of hydrogen-bond acceptors (Lipinski definition) is 8. The summed E-state index contributed by atoms with van der Waals surface area (Å²) in [6, 6.07) is 24.2. The Kier molecular flexibility index (Phi) is 8.19. The van der Waals surface area contributed by atoms with E-state index in [1.807, 2.05) is 19.9 Å². The summed E-state index contributed by atoms with van der Waals surface area (Å²) in [7, 11) is 1.57. The Morgan fingerprint density at radius 3 is 2.17 bits per heavy atom. The minimum Gasteiger partial charge on any atom is -0.497 e. The first kappa shape index (κ1) is 28.0. The molecule has 1 N–H and O–H groups in total. The summed E-state index contributed by atoms with van der Waals surface area (Å²) in [6.07, 6.45) is 3.00. The molecule has 2 aromatic heterocycles. The van der Waals surface area contributed by atoms with E-state index in [0.29, 0.717) is 28.2 Å². The lowest BCUT2D eigenvalue weighted by molar-refractivity contribution is -0.119. The third-order valence-electron chi connectivity index (χ3n) is 6.52. The molecule has 2 heterocycles. The molecule has 0 radical (unpaired) electrons. The third kappa shape index (κ3) is 5.66. The van der Waals surface area contributed by atoms with Crippen molar-refractivity contribution in [2.45, 2.75) is 26.4 Å². The number of nitrogens with one attached hydrogen (secondary N) is 1. The number of amides is 1. The van der Waals surface area contributed by atoms with Crippen molar-refractivity contribution in [1.29, 1.82) is 0 Å². The van der Waals surface area contributed by atoms with E-state index in [1.165, 1.54) is 21.5 Å². The van der Waals surface area contributed by atoms with Crippen molar-refractivity contribution in [1.82, 2.24) is 19.1 Å². The number of fused-ring (bicyclic) bond motifs is 1. The number of anilines is 2. The number of nitrogens with zero attached hydrogens (tertiary/aromatic N) is 6. The predicted octanol–water partition coefficient (Wildman–Crippen LogP) is 3.32. The summed E-state index contributed by atoms with van der Waals surface area (Å²) in [5.74, 6) is 0.357. The molecule has 0 aliphatic carbocycles. The van der Waals surface area contributed by atoms with Gasteiger partial charge in [0.05, 0.1) is 23.8 Å². The normalized spacial score (nSPS) is 11.5. The molecule has 0 atom stereocenters. The molecule has 0 unspecified atom stereocenters. The largest absolute Gasteiger partial charge is 0.497 e. The van der Waals surface area contributed by atoms with Crippen LogP contribution in [0.4, 0.5) is 11.4 Å². The topological polar surface area (TPSA) is 124 Å². The standard InChI is InChI=1S/C31H29N7O4/c1-21(2)37(23-14-16-24(42-3)17-15-23)27(39)20-36-25-12-7-8-13-26(25)38(31-32-18-9-19-33-31)30(41)28(29(36)40)35-34-22-10-5-4-6-11-22/h4-19,21,34H,20H2,1-3H3. The molecule has 3 aromatic carbocycles. The van der Waals surface area contributed by atoms with Gasteiger partial charge in [0.15, 0.2) is 0 Å². The van der Waals surface area contributed by atoms with Gasteiger partial charge >= 0.3 is 0 Å². The van der Waals surface area contributed by atoms with Gasteiger partial charge in [-0.15, -0.1) is 0 Å². The highest BCUT2D eigenvalue weighted by molar-refractivity contribution is 5.94. The number of carbonyl (C=O) groups excluding carboxylic acids is 1. The number of rotatable bonds is 8. The number of carbonyl (C=O) groups is 1. The van der Waals surface area contributed by atoms with Gasteiger partial charge in [-0.05, 0) is 68.4 Å². The lowest BCUT2D eigenvalue weighted by atomic mass is 10.2. The number of benzene rings is 3. The second-order valence-corrected chi connectivity index (χ2v) is 9.56. The van der Waals surface area contributed by atoms with Crippen LogP contribution >= 0.6 is 0 Å². The van der Waals surface area contributed by atoms with Crippen LogP contribution in [0, 0.1) is 0 Å². The fourth-order valence-electron chi connectivity index (χ4n) is 4.60. The molecule has 5 aromatic rings. The number of hydrogen-bond donors (Lipinski definition) is 1. The average Bonchev–Trinajstić information content (AvgIpc) is 3.09. The van der Waals surface area contributed by atoms with Gasteiger partial charge in [0, 0.05) is 24.1 Å². The van der Waals surface area contributed by atoms with Crippen LogP contribution < -0.4 is 31.5 Å². The first-order valence-corrected chi connectivity index (χ1v) is 13.3. The van der Waals surface area contributed by atoms with E-state index in [1.54, 1.807) is 90.9 Å². The van der Waals surface area contributed by atoms with Crippen molar-refractivity contribution in [3.05, 3.63) is 123 Å². The van der Waals surface area contributed by atoms with E-state index in [4.69, 9.17) is 4.74 Å². The molecule has 11 nitrogen and oxygen atoms in total. The SMILES string of the molecule is COc1ccc(N(C(=O)Cn2c(=O)c(=NNc3ccccc3)c(=O)n(-c3ncccn3)c3ccccc32)C(C)C)cc1. The van der Waals surface area contributed by atoms with Crippen LogP contribution in [0.5, 0.6) is 5.75 Å². The lowest BCUT2D eigenvalue weighted by Crippen LogP contribution is -2.47. The van der Waals surface area contributed by atoms with Gasteiger partial charge in [-0.3, -0.25) is 24.4 Å². The van der Waals surface area contributed by atoms with E-state index in [9.17, 15) is 14.4 Å². The van der Waals surface area contributed by atoms with Gasteiger partial charge in [0.1, 0.15) is 12.3 Å². The van der Waals surface area contributed by atoms with Gasteiger partial charge < -0.3 is 9.64 Å². The number of para-hydroxylation sites is 3. The average molecular weight is 564 g/mol. The molecular formula is C31H29N7O4. The van der Waals surface area contributed by atoms with E-state index in [0.717, 1.165) is 0 Å². The van der Waals surface area contributed by atoms with Gasteiger partial charge in [-0.25, -0.2) is 14.5 Å². The highest BCUT2D eigenvalue weighted by atomic mass is 16.5. The molecule has 0 saturated heterocycles. The predicted molar refractivity (Wildman–Crippen MR) is 161 cm³/mol. The van der Waals surface area contributed by atoms with Crippen LogP contribution in [0.1, 0.15) is 13.8 Å². The maximum absolute atomic E-state index is 14.1. The van der Waals surface area contributed by atoms with Crippen LogP contribution in [0.2, 0.25) is 0 Å². The highest BCUT2D eigenvalue weighted by Crippen LogP contribution is 2.22. The molecule has 11 heteroatoms. The van der Waals surface area contributed by atoms with Crippen LogP contribution in [0.15, 0.2) is 112 Å². The second kappa shape index (κ2) is 12.3. The molecule has 0 aliphatic heterocycles.